The van der Waals surface area contributed by atoms with Crippen LogP contribution >= 0.6 is 0 Å². The van der Waals surface area contributed by atoms with E-state index in [-0.39, 0.29) is 23.9 Å². The molecule has 1 aliphatic heterocycles. The smallest absolute Gasteiger partial charge is 0.174 e. The fourth-order valence-corrected chi connectivity index (χ4v) is 3.34. The van der Waals surface area contributed by atoms with Gasteiger partial charge in [0.15, 0.2) is 6.29 Å². The van der Waals surface area contributed by atoms with Gasteiger partial charge in [-0.2, -0.15) is 0 Å². The van der Waals surface area contributed by atoms with Gasteiger partial charge in [-0.1, -0.05) is 31.8 Å². The summed E-state index contributed by atoms with van der Waals surface area (Å²) in [6, 6.07) is 6.33. The van der Waals surface area contributed by atoms with Crippen LogP contribution in [0.4, 0.5) is 0 Å². The van der Waals surface area contributed by atoms with E-state index in [9.17, 15) is 0 Å². The summed E-state index contributed by atoms with van der Waals surface area (Å²) in [4.78, 5) is 0. The monoisotopic (exact) mass is 410 g/mol. The van der Waals surface area contributed by atoms with Gasteiger partial charge in [0.1, 0.15) is 6.10 Å². The fourth-order valence-electron chi connectivity index (χ4n) is 3.34. The average Bonchev–Trinajstić information content (AvgIpc) is 3.62. The first-order valence-electron chi connectivity index (χ1n) is 11.1. The molecular weight excluding hydrogens is 376 g/mol. The second-order valence-corrected chi connectivity index (χ2v) is 9.60. The number of hydrogen-bond donors (Lipinski definition) is 2. The molecule has 0 spiro atoms. The van der Waals surface area contributed by atoms with Gasteiger partial charge in [0.25, 0.3) is 0 Å². The highest BCUT2D eigenvalue weighted by Gasteiger charge is 2.30. The summed E-state index contributed by atoms with van der Waals surface area (Å²) in [6.45, 7) is 8.32. The molecule has 2 saturated carbocycles. The minimum atomic E-state index is -0.278. The second kappa shape index (κ2) is 9.01. The Morgan fingerprint density at radius 3 is 2.67 bits per heavy atom. The third kappa shape index (κ3) is 6.01. The number of ether oxygens (including phenoxy) is 3. The van der Waals surface area contributed by atoms with Crippen LogP contribution in [-0.2, 0) is 14.2 Å². The summed E-state index contributed by atoms with van der Waals surface area (Å²) in [5, 5.41) is 3.26. The van der Waals surface area contributed by atoms with Crippen molar-refractivity contribution in [2.24, 2.45) is 17.1 Å². The zero-order valence-electron chi connectivity index (χ0n) is 18.4. The number of rotatable bonds is 7. The number of nitrogens with two attached hydrogens (primary N) is 1. The summed E-state index contributed by atoms with van der Waals surface area (Å²) < 4.78 is 17.9. The van der Waals surface area contributed by atoms with E-state index >= 15 is 0 Å². The van der Waals surface area contributed by atoms with Crippen LogP contribution < -0.4 is 11.1 Å². The quantitative estimate of drug-likeness (QED) is 0.670. The van der Waals surface area contributed by atoms with Crippen molar-refractivity contribution in [1.29, 1.82) is 0 Å². The predicted molar refractivity (Wildman–Crippen MR) is 117 cm³/mol. The molecule has 1 saturated heterocycles. The zero-order chi connectivity index (χ0) is 21.1. The van der Waals surface area contributed by atoms with Crippen molar-refractivity contribution in [3.05, 3.63) is 46.8 Å². The van der Waals surface area contributed by atoms with E-state index in [1.54, 1.807) is 0 Å². The highest BCUT2D eigenvalue weighted by molar-refractivity contribution is 5.44. The SMILES string of the molecule is Cc1ccc(C#CC2CC2)cc1C(OC1CC1)/C(N)=C/NCC1OCC(C)(C)CO1. The first kappa shape index (κ1) is 21.2. The van der Waals surface area contributed by atoms with Crippen LogP contribution in [0.2, 0.25) is 0 Å². The van der Waals surface area contributed by atoms with Gasteiger partial charge in [0.2, 0.25) is 0 Å². The largest absolute Gasteiger partial charge is 0.398 e. The van der Waals surface area contributed by atoms with Gasteiger partial charge in [-0.25, -0.2) is 0 Å². The van der Waals surface area contributed by atoms with Gasteiger partial charge < -0.3 is 25.3 Å². The number of nitrogens with one attached hydrogen (secondary N) is 1. The van der Waals surface area contributed by atoms with E-state index in [2.05, 4.69) is 56.1 Å². The molecule has 0 radical (unpaired) electrons. The van der Waals surface area contributed by atoms with E-state index in [1.165, 1.54) is 12.8 Å². The molecule has 3 fully saturated rings. The number of aryl methyl sites for hydroxylation is 1. The van der Waals surface area contributed by atoms with Crippen molar-refractivity contribution in [2.75, 3.05) is 19.8 Å². The fraction of sp³-hybridized carbons (Fsp3) is 0.600. The Labute approximate surface area is 180 Å². The maximum atomic E-state index is 6.49. The highest BCUT2D eigenvalue weighted by atomic mass is 16.7. The molecule has 1 unspecified atom stereocenters. The lowest BCUT2D eigenvalue weighted by Crippen LogP contribution is -2.41. The molecule has 3 aliphatic rings. The molecule has 0 amide bonds. The molecule has 1 aromatic rings. The van der Waals surface area contributed by atoms with Gasteiger partial charge in [-0.15, -0.1) is 0 Å². The van der Waals surface area contributed by atoms with E-state index < -0.39 is 0 Å². The van der Waals surface area contributed by atoms with E-state index in [4.69, 9.17) is 19.9 Å². The van der Waals surface area contributed by atoms with Crippen LogP contribution in [-0.4, -0.2) is 32.2 Å². The van der Waals surface area contributed by atoms with E-state index in [1.807, 2.05) is 6.20 Å². The van der Waals surface area contributed by atoms with Crippen LogP contribution in [0.25, 0.3) is 0 Å². The summed E-state index contributed by atoms with van der Waals surface area (Å²) in [6.07, 6.45) is 6.23. The van der Waals surface area contributed by atoms with Crippen LogP contribution in [0.1, 0.15) is 62.3 Å². The lowest BCUT2D eigenvalue weighted by atomic mass is 9.96. The third-order valence-corrected chi connectivity index (χ3v) is 5.59. The van der Waals surface area contributed by atoms with Crippen LogP contribution in [0.15, 0.2) is 30.1 Å². The molecule has 3 N–H and O–H groups in total. The van der Waals surface area contributed by atoms with Crippen molar-refractivity contribution in [1.82, 2.24) is 5.32 Å². The molecule has 2 aliphatic carbocycles. The molecule has 4 rings (SSSR count). The molecule has 0 aromatic heterocycles. The molecule has 162 valence electrons. The summed E-state index contributed by atoms with van der Waals surface area (Å²) in [7, 11) is 0. The Hall–Kier alpha value is -2.00. The Morgan fingerprint density at radius 2 is 2.00 bits per heavy atom. The van der Waals surface area contributed by atoms with E-state index in [0.29, 0.717) is 31.4 Å². The zero-order valence-corrected chi connectivity index (χ0v) is 18.4. The van der Waals surface area contributed by atoms with Crippen molar-refractivity contribution < 1.29 is 14.2 Å². The summed E-state index contributed by atoms with van der Waals surface area (Å²) in [5.41, 5.74) is 10.5. The maximum absolute atomic E-state index is 6.49. The van der Waals surface area contributed by atoms with Gasteiger partial charge in [0, 0.05) is 23.1 Å². The molecule has 5 nitrogen and oxygen atoms in total. The van der Waals surface area contributed by atoms with Crippen molar-refractivity contribution in [3.8, 4) is 11.8 Å². The molecule has 1 aromatic carbocycles. The van der Waals surface area contributed by atoms with Crippen LogP contribution in [0, 0.1) is 30.1 Å². The Bertz CT molecular complexity index is 834. The average molecular weight is 411 g/mol. The third-order valence-electron chi connectivity index (χ3n) is 5.59. The first-order valence-corrected chi connectivity index (χ1v) is 11.1. The van der Waals surface area contributed by atoms with Gasteiger partial charge in [-0.05, 0) is 55.9 Å². The lowest BCUT2D eigenvalue weighted by molar-refractivity contribution is -0.217. The number of hydrogen-bond acceptors (Lipinski definition) is 5. The van der Waals surface area contributed by atoms with Crippen molar-refractivity contribution in [2.45, 2.75) is 65.0 Å². The predicted octanol–water partition coefficient (Wildman–Crippen LogP) is 3.77. The van der Waals surface area contributed by atoms with Crippen LogP contribution in [0.3, 0.4) is 0 Å². The highest BCUT2D eigenvalue weighted by Crippen LogP contribution is 2.35. The minimum Gasteiger partial charge on any atom is -0.398 e. The van der Waals surface area contributed by atoms with Gasteiger partial charge >= 0.3 is 0 Å². The van der Waals surface area contributed by atoms with Gasteiger partial charge in [-0.3, -0.25) is 0 Å². The minimum absolute atomic E-state index is 0.0690. The summed E-state index contributed by atoms with van der Waals surface area (Å²) >= 11 is 0. The summed E-state index contributed by atoms with van der Waals surface area (Å²) in [5.74, 6) is 7.24. The molecule has 1 atom stereocenters. The Kier molecular flexibility index (Phi) is 6.38. The molecular formula is C25H34N2O3. The maximum Gasteiger partial charge on any atom is 0.174 e. The first-order chi connectivity index (χ1) is 14.4. The molecule has 1 heterocycles. The Balaban J connectivity index is 1.43. The van der Waals surface area contributed by atoms with Crippen LogP contribution in [0.5, 0.6) is 0 Å². The standard InChI is InChI=1S/C25H34N2O3/c1-17-4-5-19(9-8-18-6-7-18)12-21(17)24(30-20-10-11-20)22(26)13-27-14-23-28-15-25(2,3)16-29-23/h4-5,12-13,18,20,23-24,27H,6-7,10-11,14-16,26H2,1-3H3/b22-13-. The van der Waals surface area contributed by atoms with Crippen molar-refractivity contribution in [3.63, 3.8) is 0 Å². The Morgan fingerprint density at radius 1 is 1.27 bits per heavy atom. The normalized spacial score (nSPS) is 22.8. The second-order valence-electron chi connectivity index (χ2n) is 9.60. The topological polar surface area (TPSA) is 65.7 Å². The molecule has 0 bridgehead atoms. The molecule has 30 heavy (non-hydrogen) atoms. The lowest BCUT2D eigenvalue weighted by Gasteiger charge is -2.34. The van der Waals surface area contributed by atoms with E-state index in [0.717, 1.165) is 29.5 Å². The number of benzene rings is 1. The van der Waals surface area contributed by atoms with Crippen molar-refractivity contribution >= 4 is 0 Å². The van der Waals surface area contributed by atoms with Gasteiger partial charge in [0.05, 0.1) is 31.6 Å². The molecule has 5 heteroatoms.